The van der Waals surface area contributed by atoms with Gasteiger partial charge in [0.05, 0.1) is 43.0 Å². The minimum atomic E-state index is -3.29. The average molecular weight is 693 g/mol. The molecule has 1 fully saturated rings. The quantitative estimate of drug-likeness (QED) is 0.210. The van der Waals surface area contributed by atoms with Crippen molar-refractivity contribution in [3.63, 3.8) is 0 Å². The van der Waals surface area contributed by atoms with Gasteiger partial charge in [-0.3, -0.25) is 14.5 Å². The van der Waals surface area contributed by atoms with E-state index in [0.717, 1.165) is 15.4 Å². The van der Waals surface area contributed by atoms with Crippen LogP contribution in [0.2, 0.25) is 0 Å². The van der Waals surface area contributed by atoms with Crippen LogP contribution in [0.25, 0.3) is 0 Å². The number of alkyl halides is 1. The number of hydrogen-bond acceptors (Lipinski definition) is 8. The highest BCUT2D eigenvalue weighted by molar-refractivity contribution is 14.1. The van der Waals surface area contributed by atoms with E-state index < -0.39 is 22.6 Å². The Bertz CT molecular complexity index is 1550. The number of imidazole rings is 1. The summed E-state index contributed by atoms with van der Waals surface area (Å²) in [4.78, 5) is 34.2. The molecule has 0 N–H and O–H groups in total. The number of carbonyl (C=O) groups is 2. The number of rotatable bonds is 12. The van der Waals surface area contributed by atoms with Crippen molar-refractivity contribution in [3.05, 3.63) is 75.4 Å². The number of hydrogen-bond donors (Lipinski definition) is 0. The summed E-state index contributed by atoms with van der Waals surface area (Å²) >= 11 is 2.09. The Morgan fingerprint density at radius 1 is 1.24 bits per heavy atom. The van der Waals surface area contributed by atoms with E-state index in [-0.39, 0.29) is 50.1 Å². The van der Waals surface area contributed by atoms with Gasteiger partial charge in [-0.1, -0.05) is 12.1 Å². The van der Waals surface area contributed by atoms with E-state index in [9.17, 15) is 22.4 Å². The van der Waals surface area contributed by atoms with Crippen molar-refractivity contribution in [1.29, 1.82) is 5.26 Å². The van der Waals surface area contributed by atoms with E-state index in [1.807, 2.05) is 12.1 Å². The van der Waals surface area contributed by atoms with Crippen LogP contribution in [-0.2, 0) is 21.2 Å². The van der Waals surface area contributed by atoms with Crippen molar-refractivity contribution < 1.29 is 27.1 Å². The molecule has 216 valence electrons. The molecule has 41 heavy (non-hydrogen) atoms. The molecular weight excluding hydrogens is 663 g/mol. The van der Waals surface area contributed by atoms with Crippen molar-refractivity contribution in [3.8, 4) is 11.8 Å². The lowest BCUT2D eigenvalue weighted by molar-refractivity contribution is -0.122. The molecule has 1 aliphatic rings. The number of anilines is 1. The van der Waals surface area contributed by atoms with Crippen molar-refractivity contribution in [2.45, 2.75) is 19.0 Å². The lowest BCUT2D eigenvalue weighted by atomic mass is 10.1. The highest BCUT2D eigenvalue weighted by Gasteiger charge is 2.35. The second-order valence-electron chi connectivity index (χ2n) is 9.80. The Kier molecular flexibility index (Phi) is 10.1. The molecule has 1 aromatic heterocycles. The molecule has 0 spiro atoms. The Hall–Kier alpha value is -3.35. The van der Waals surface area contributed by atoms with Gasteiger partial charge in [-0.25, -0.2) is 17.8 Å². The van der Waals surface area contributed by atoms with Gasteiger partial charge in [0.2, 0.25) is 5.91 Å². The molecule has 10 nitrogen and oxygen atoms in total. The monoisotopic (exact) mass is 692 g/mol. The lowest BCUT2D eigenvalue weighted by Crippen LogP contribution is -2.58. The average Bonchev–Trinajstić information content (AvgIpc) is 3.39. The van der Waals surface area contributed by atoms with E-state index in [1.54, 1.807) is 51.0 Å². The van der Waals surface area contributed by atoms with Gasteiger partial charge in [-0.2, -0.15) is 5.26 Å². The molecule has 1 atom stereocenters. The van der Waals surface area contributed by atoms with Crippen LogP contribution in [0.15, 0.2) is 55.0 Å². The number of nitrogens with zero attached hydrogens (tertiary/aromatic N) is 5. The summed E-state index contributed by atoms with van der Waals surface area (Å²) in [6, 6.07) is 13.9. The predicted octanol–water partition coefficient (Wildman–Crippen LogP) is 3.09. The maximum atomic E-state index is 13.4. The zero-order chi connectivity index (χ0) is 29.6. The number of halogens is 2. The van der Waals surface area contributed by atoms with Crippen LogP contribution in [0.5, 0.6) is 5.75 Å². The Balaban J connectivity index is 1.53. The van der Waals surface area contributed by atoms with Crippen LogP contribution in [0.1, 0.15) is 28.0 Å². The molecule has 3 aromatic rings. The largest absolute Gasteiger partial charge is 0.491 e. The van der Waals surface area contributed by atoms with Crippen molar-refractivity contribution >= 4 is 49.8 Å². The molecule has 4 rings (SSSR count). The lowest BCUT2D eigenvalue weighted by Gasteiger charge is -2.40. The summed E-state index contributed by atoms with van der Waals surface area (Å²) in [5.74, 6) is -0.174. The first-order valence-electron chi connectivity index (χ1n) is 12.8. The smallest absolute Gasteiger partial charge is 0.241 e. The normalized spacial score (nSPS) is 16.0. The Morgan fingerprint density at radius 3 is 2.68 bits per heavy atom. The maximum Gasteiger partial charge on any atom is 0.241 e. The number of nitriles is 1. The molecule has 0 unspecified atom stereocenters. The van der Waals surface area contributed by atoms with Gasteiger partial charge in [-0.05, 0) is 58.8 Å². The third-order valence-electron chi connectivity index (χ3n) is 6.67. The molecule has 1 amide bonds. The Morgan fingerprint density at radius 2 is 2.00 bits per heavy atom. The number of aromatic nitrogens is 2. The predicted molar refractivity (Wildman–Crippen MR) is 159 cm³/mol. The standard InChI is InChI=1S/C28H29FIN5O5S/c1-41(38,39)9-6-23-16-35(24-10-22(30)11-25(12-24)40-8-7-29)28(37)18-33(23)17-27(36)26-14-32-19-34(26)15-21-4-2-20(13-31)3-5-21/h2-5,10-12,14,19,23H,6-9,15-18H2,1H3/t23-/m0/s1/i1-1. The molecule has 13 heteroatoms. The number of sulfone groups is 1. The van der Waals surface area contributed by atoms with Crippen LogP contribution in [0.3, 0.4) is 0 Å². The summed E-state index contributed by atoms with van der Waals surface area (Å²) in [5, 5.41) is 9.02. The highest BCUT2D eigenvalue weighted by atomic mass is 127. The number of piperazine rings is 1. The van der Waals surface area contributed by atoms with Gasteiger partial charge in [-0.15, -0.1) is 0 Å². The summed E-state index contributed by atoms with van der Waals surface area (Å²) in [6.45, 7) is -0.389. The first-order chi connectivity index (χ1) is 19.6. The molecule has 0 bridgehead atoms. The number of amides is 1. The number of carbonyl (C=O) groups excluding carboxylic acids is 2. The van der Waals surface area contributed by atoms with Crippen molar-refractivity contribution in [2.75, 3.05) is 49.8 Å². The molecular formula is C28H29FIN5O5S. The molecule has 0 aliphatic carbocycles. The third-order valence-corrected chi connectivity index (χ3v) is 8.27. The number of benzene rings is 2. The summed E-state index contributed by atoms with van der Waals surface area (Å²) < 4.78 is 44.6. The van der Waals surface area contributed by atoms with Crippen LogP contribution >= 0.6 is 22.6 Å². The first-order valence-corrected chi connectivity index (χ1v) is 15.9. The topological polar surface area (TPSA) is 126 Å². The number of Topliss-reactive ketones (excluding diaryl/α,β-unsaturated/α-hetero) is 1. The second kappa shape index (κ2) is 13.5. The van der Waals surface area contributed by atoms with Crippen LogP contribution in [0, 0.1) is 14.9 Å². The van der Waals surface area contributed by atoms with E-state index in [4.69, 9.17) is 10.00 Å². The minimum Gasteiger partial charge on any atom is -0.491 e. The number of ketones is 1. The van der Waals surface area contributed by atoms with E-state index in [2.05, 4.69) is 33.6 Å². The van der Waals surface area contributed by atoms with Gasteiger partial charge >= 0.3 is 0 Å². The van der Waals surface area contributed by atoms with Gasteiger partial charge in [0.25, 0.3) is 0 Å². The summed E-state index contributed by atoms with van der Waals surface area (Å²) in [5.41, 5.74) is 2.34. The number of ether oxygens (including phenoxy) is 1. The van der Waals surface area contributed by atoms with Gasteiger partial charge in [0, 0.05) is 40.7 Å². The molecule has 2 heterocycles. The molecule has 2 aromatic carbocycles. The van der Waals surface area contributed by atoms with E-state index in [0.29, 0.717) is 29.2 Å². The summed E-state index contributed by atoms with van der Waals surface area (Å²) in [7, 11) is -3.29. The van der Waals surface area contributed by atoms with Crippen LogP contribution in [-0.4, -0.2) is 85.5 Å². The first kappa shape index (κ1) is 30.6. The summed E-state index contributed by atoms with van der Waals surface area (Å²) in [6.07, 6.45) is 4.41. The van der Waals surface area contributed by atoms with Crippen molar-refractivity contribution in [2.24, 2.45) is 0 Å². The molecule has 0 saturated carbocycles. The Labute approximate surface area is 251 Å². The van der Waals surface area contributed by atoms with E-state index >= 15 is 0 Å². The maximum absolute atomic E-state index is 13.4. The highest BCUT2D eigenvalue weighted by Crippen LogP contribution is 2.28. The van der Waals surface area contributed by atoms with Gasteiger partial charge in [0.15, 0.2) is 5.78 Å². The molecule has 1 aliphatic heterocycles. The SMILES string of the molecule is [11CH3]S(=O)(=O)CC[C@H]1CN(c2cc(I)cc(OCCF)c2)C(=O)CN1CC(=O)c1cncn1Cc1ccc(C#N)cc1. The zero-order valence-electron chi connectivity index (χ0n) is 22.4. The van der Waals surface area contributed by atoms with Crippen LogP contribution < -0.4 is 9.64 Å². The fourth-order valence-corrected chi connectivity index (χ4v) is 5.97. The van der Waals surface area contributed by atoms with Crippen LogP contribution in [0.4, 0.5) is 10.1 Å². The fourth-order valence-electron chi connectivity index (χ4n) is 4.64. The van der Waals surface area contributed by atoms with Crippen molar-refractivity contribution in [1.82, 2.24) is 14.5 Å². The minimum absolute atomic E-state index is 0.0872. The zero-order valence-corrected chi connectivity index (χ0v) is 25.3. The second-order valence-corrected chi connectivity index (χ2v) is 13.3. The van der Waals surface area contributed by atoms with Gasteiger partial charge < -0.3 is 14.2 Å². The van der Waals surface area contributed by atoms with Gasteiger partial charge in [0.1, 0.15) is 34.6 Å². The van der Waals surface area contributed by atoms with E-state index in [1.165, 1.54) is 6.20 Å². The third kappa shape index (κ3) is 8.34. The molecule has 0 radical (unpaired) electrons. The molecule has 1 saturated heterocycles. The fraction of sp³-hybridized carbons (Fsp3) is 0.357.